The van der Waals surface area contributed by atoms with Crippen LogP contribution in [0, 0.1) is 25.5 Å². The molecule has 0 aliphatic carbocycles. The molecule has 30 heavy (non-hydrogen) atoms. The minimum absolute atomic E-state index is 0.170. The van der Waals surface area contributed by atoms with Crippen molar-refractivity contribution in [2.24, 2.45) is 0 Å². The van der Waals surface area contributed by atoms with Crippen molar-refractivity contribution in [3.05, 3.63) is 59.2 Å². The molecule has 9 heteroatoms. The zero-order valence-corrected chi connectivity index (χ0v) is 17.6. The highest BCUT2D eigenvalue weighted by atomic mass is 32.2. The predicted molar refractivity (Wildman–Crippen MR) is 109 cm³/mol. The number of sulfonamides is 1. The van der Waals surface area contributed by atoms with Crippen LogP contribution >= 0.6 is 0 Å². The molecule has 0 aromatic heterocycles. The summed E-state index contributed by atoms with van der Waals surface area (Å²) in [7, 11) is -4.61. The Hall–Kier alpha value is -2.36. The lowest BCUT2D eigenvalue weighted by molar-refractivity contribution is -0.116. The Bertz CT molecular complexity index is 1020. The largest absolute Gasteiger partial charge is 0.377 e. The van der Waals surface area contributed by atoms with Gasteiger partial charge in [0.25, 0.3) is 0 Å². The van der Waals surface area contributed by atoms with Crippen molar-refractivity contribution in [2.45, 2.75) is 37.7 Å². The standard InChI is InChI=1S/C21H24F2N2O4S/c1-14-6-3-10-19(15(14)2)24-20(26)13-25(12-16-7-5-11-29-16)30(27,28)21-17(22)8-4-9-18(21)23/h3-4,6,8-10,16H,5,7,11-13H2,1-2H3,(H,24,26). The maximum atomic E-state index is 14.2. The third kappa shape index (κ3) is 4.85. The number of nitrogens with zero attached hydrogens (tertiary/aromatic N) is 1. The van der Waals surface area contributed by atoms with E-state index in [0.717, 1.165) is 40.1 Å². The Morgan fingerprint density at radius 1 is 1.17 bits per heavy atom. The van der Waals surface area contributed by atoms with Crippen molar-refractivity contribution in [2.75, 3.05) is 25.0 Å². The van der Waals surface area contributed by atoms with Crippen molar-refractivity contribution in [1.29, 1.82) is 0 Å². The molecule has 1 heterocycles. The van der Waals surface area contributed by atoms with Gasteiger partial charge in [-0.1, -0.05) is 18.2 Å². The molecular weight excluding hydrogens is 414 g/mol. The van der Waals surface area contributed by atoms with E-state index in [-0.39, 0.29) is 6.54 Å². The number of anilines is 1. The quantitative estimate of drug-likeness (QED) is 0.719. The lowest BCUT2D eigenvalue weighted by atomic mass is 10.1. The molecule has 1 N–H and O–H groups in total. The average Bonchev–Trinajstić information content (AvgIpc) is 3.18. The lowest BCUT2D eigenvalue weighted by Crippen LogP contribution is -2.42. The van der Waals surface area contributed by atoms with E-state index in [4.69, 9.17) is 4.74 Å². The van der Waals surface area contributed by atoms with E-state index in [0.29, 0.717) is 18.7 Å². The highest BCUT2D eigenvalue weighted by molar-refractivity contribution is 7.89. The summed E-state index contributed by atoms with van der Waals surface area (Å²) in [6.45, 7) is 3.43. The smallest absolute Gasteiger partial charge is 0.249 e. The van der Waals surface area contributed by atoms with Gasteiger partial charge in [0.15, 0.2) is 4.90 Å². The van der Waals surface area contributed by atoms with Crippen LogP contribution in [0.15, 0.2) is 41.3 Å². The molecule has 6 nitrogen and oxygen atoms in total. The number of benzene rings is 2. The molecule has 1 aliphatic rings. The van der Waals surface area contributed by atoms with E-state index in [9.17, 15) is 22.0 Å². The second-order valence-electron chi connectivity index (χ2n) is 7.28. The summed E-state index contributed by atoms with van der Waals surface area (Å²) in [5.74, 6) is -3.02. The molecule has 1 aliphatic heterocycles. The summed E-state index contributed by atoms with van der Waals surface area (Å²) >= 11 is 0. The normalized spacial score (nSPS) is 16.8. The molecule has 0 spiro atoms. The molecule has 1 amide bonds. The molecular formula is C21H24F2N2O4S. The SMILES string of the molecule is Cc1cccc(NC(=O)CN(CC2CCCO2)S(=O)(=O)c2c(F)cccc2F)c1C. The Balaban J connectivity index is 1.88. The van der Waals surface area contributed by atoms with Crippen LogP contribution in [0.3, 0.4) is 0 Å². The first kappa shape index (κ1) is 22.3. The minimum atomic E-state index is -4.61. The molecule has 0 bridgehead atoms. The van der Waals surface area contributed by atoms with Crippen LogP contribution in [0.2, 0.25) is 0 Å². The minimum Gasteiger partial charge on any atom is -0.377 e. The first-order chi connectivity index (χ1) is 14.2. The number of carbonyl (C=O) groups excluding carboxylic acids is 1. The molecule has 1 atom stereocenters. The van der Waals surface area contributed by atoms with E-state index < -0.39 is 45.1 Å². The van der Waals surface area contributed by atoms with E-state index in [2.05, 4.69) is 5.32 Å². The number of hydrogen-bond donors (Lipinski definition) is 1. The van der Waals surface area contributed by atoms with Crippen LogP contribution in [0.5, 0.6) is 0 Å². The van der Waals surface area contributed by atoms with Crippen LogP contribution in [-0.2, 0) is 19.6 Å². The van der Waals surface area contributed by atoms with Crippen molar-refractivity contribution < 1.29 is 26.7 Å². The second kappa shape index (κ2) is 9.20. The van der Waals surface area contributed by atoms with Crippen molar-refractivity contribution in [3.63, 3.8) is 0 Å². The summed E-state index contributed by atoms with van der Waals surface area (Å²) in [4.78, 5) is 11.6. The monoisotopic (exact) mass is 438 g/mol. The molecule has 3 rings (SSSR count). The predicted octanol–water partition coefficient (Wildman–Crippen LogP) is 3.39. The Kier molecular flexibility index (Phi) is 6.84. The summed E-state index contributed by atoms with van der Waals surface area (Å²) in [6, 6.07) is 8.19. The number of amides is 1. The summed E-state index contributed by atoms with van der Waals surface area (Å²) in [5.41, 5.74) is 2.36. The second-order valence-corrected chi connectivity index (χ2v) is 9.15. The topological polar surface area (TPSA) is 75.7 Å². The fraction of sp³-hybridized carbons (Fsp3) is 0.381. The number of nitrogens with one attached hydrogen (secondary N) is 1. The van der Waals surface area contributed by atoms with Crippen LogP contribution in [0.4, 0.5) is 14.5 Å². The van der Waals surface area contributed by atoms with Gasteiger partial charge in [-0.15, -0.1) is 0 Å². The van der Waals surface area contributed by atoms with E-state index in [1.807, 2.05) is 19.9 Å². The number of carbonyl (C=O) groups is 1. The van der Waals surface area contributed by atoms with Gasteiger partial charge in [0.1, 0.15) is 11.6 Å². The highest BCUT2D eigenvalue weighted by Gasteiger charge is 2.34. The molecule has 162 valence electrons. The Morgan fingerprint density at radius 2 is 1.83 bits per heavy atom. The van der Waals surface area contributed by atoms with Crippen LogP contribution in [0.25, 0.3) is 0 Å². The maximum absolute atomic E-state index is 14.2. The van der Waals surface area contributed by atoms with E-state index in [1.165, 1.54) is 0 Å². The van der Waals surface area contributed by atoms with Gasteiger partial charge in [-0.2, -0.15) is 4.31 Å². The van der Waals surface area contributed by atoms with Crippen LogP contribution in [-0.4, -0.2) is 44.4 Å². The summed E-state index contributed by atoms with van der Waals surface area (Å²) < 4.78 is 60.9. The first-order valence-corrected chi connectivity index (χ1v) is 11.1. The van der Waals surface area contributed by atoms with Gasteiger partial charge in [0.05, 0.1) is 12.6 Å². The van der Waals surface area contributed by atoms with Crippen molar-refractivity contribution in [3.8, 4) is 0 Å². The fourth-order valence-electron chi connectivity index (χ4n) is 3.36. The zero-order chi connectivity index (χ0) is 21.9. The first-order valence-electron chi connectivity index (χ1n) is 9.62. The van der Waals surface area contributed by atoms with Crippen LogP contribution in [0.1, 0.15) is 24.0 Å². The van der Waals surface area contributed by atoms with Gasteiger partial charge < -0.3 is 10.1 Å². The summed E-state index contributed by atoms with van der Waals surface area (Å²) in [5, 5.41) is 2.69. The Labute approximate surface area is 174 Å². The summed E-state index contributed by atoms with van der Waals surface area (Å²) in [6.07, 6.45) is 0.911. The fourth-order valence-corrected chi connectivity index (χ4v) is 4.89. The van der Waals surface area contributed by atoms with Crippen molar-refractivity contribution >= 4 is 21.6 Å². The van der Waals surface area contributed by atoms with Gasteiger partial charge in [-0.25, -0.2) is 17.2 Å². The molecule has 1 fully saturated rings. The molecule has 2 aromatic carbocycles. The molecule has 1 unspecified atom stereocenters. The van der Waals surface area contributed by atoms with Gasteiger partial charge in [-0.3, -0.25) is 4.79 Å². The average molecular weight is 438 g/mol. The van der Waals surface area contributed by atoms with E-state index in [1.54, 1.807) is 12.1 Å². The number of rotatable bonds is 7. The third-order valence-corrected chi connectivity index (χ3v) is 7.01. The van der Waals surface area contributed by atoms with Gasteiger partial charge in [-0.05, 0) is 56.0 Å². The Morgan fingerprint density at radius 3 is 2.47 bits per heavy atom. The number of aryl methyl sites for hydroxylation is 1. The molecule has 1 saturated heterocycles. The van der Waals surface area contributed by atoms with Crippen molar-refractivity contribution in [1.82, 2.24) is 4.31 Å². The van der Waals surface area contributed by atoms with E-state index >= 15 is 0 Å². The number of halogens is 2. The highest BCUT2D eigenvalue weighted by Crippen LogP contribution is 2.25. The number of ether oxygens (including phenoxy) is 1. The van der Waals surface area contributed by atoms with Crippen LogP contribution < -0.4 is 5.32 Å². The molecule has 0 saturated carbocycles. The lowest BCUT2D eigenvalue weighted by Gasteiger charge is -2.25. The number of hydrogen-bond acceptors (Lipinski definition) is 4. The molecule has 0 radical (unpaired) electrons. The molecule has 2 aromatic rings. The van der Waals surface area contributed by atoms with Gasteiger partial charge in [0.2, 0.25) is 15.9 Å². The third-order valence-electron chi connectivity index (χ3n) is 5.15. The zero-order valence-electron chi connectivity index (χ0n) is 16.8. The van der Waals surface area contributed by atoms with Gasteiger partial charge >= 0.3 is 0 Å². The van der Waals surface area contributed by atoms with Gasteiger partial charge in [0, 0.05) is 18.8 Å². The maximum Gasteiger partial charge on any atom is 0.249 e.